The van der Waals surface area contributed by atoms with Crippen LogP contribution < -0.4 is 15.6 Å². The van der Waals surface area contributed by atoms with Gasteiger partial charge in [-0.15, -0.1) is 0 Å². The number of fused-ring (bicyclic) bond motifs is 11. The third-order valence-corrected chi connectivity index (χ3v) is 28.6. The molecule has 1 heteroatoms. The SMILES string of the molecule is CCCCC(CC)CC1(CC(CC)CCCC)c2cc(-c3ccc4c(c3)C(CC(C)CC)(CC(C)CC)c3cc(-c5ccc6c(c5)C(CC(C)CC)(CC(C)CC)C5=C7C=c8ccccc8=C7C(CC(C)CC)(CC(C)CC)C=C56)ccc3-4)ccc2-c2ccc([Si](C)(C)C)cc21. The number of hydrogen-bond acceptors (Lipinski definition) is 0. The lowest BCUT2D eigenvalue weighted by Gasteiger charge is -2.45. The molecule has 0 heterocycles. The maximum atomic E-state index is 2.93. The van der Waals surface area contributed by atoms with Gasteiger partial charge in [-0.05, 0) is 240 Å². The molecule has 8 atom stereocenters. The summed E-state index contributed by atoms with van der Waals surface area (Å²) in [6.07, 6.45) is 32.6. The molecule has 0 radical (unpaired) electrons. The highest BCUT2D eigenvalue weighted by atomic mass is 28.3. The molecule has 6 aromatic rings. The molecule has 11 rings (SSSR count). The average Bonchev–Trinajstić information content (AvgIpc) is 1.52. The van der Waals surface area contributed by atoms with Crippen LogP contribution in [0.2, 0.25) is 19.6 Å². The lowest BCUT2D eigenvalue weighted by atomic mass is 9.58. The summed E-state index contributed by atoms with van der Waals surface area (Å²) < 4.78 is 0. The average molecular weight is 1300 g/mol. The summed E-state index contributed by atoms with van der Waals surface area (Å²) in [5.41, 5.74) is 27.3. The molecule has 96 heavy (non-hydrogen) atoms. The molecule has 0 aromatic heterocycles. The fourth-order valence-electron chi connectivity index (χ4n) is 20.1. The molecule has 0 spiro atoms. The molecule has 0 bridgehead atoms. The van der Waals surface area contributed by atoms with Crippen molar-refractivity contribution in [3.05, 3.63) is 176 Å². The van der Waals surface area contributed by atoms with E-state index in [1.165, 1.54) is 189 Å². The topological polar surface area (TPSA) is 0 Å². The van der Waals surface area contributed by atoms with Gasteiger partial charge in [0.05, 0.1) is 8.07 Å². The van der Waals surface area contributed by atoms with Crippen LogP contribution in [0.1, 0.15) is 285 Å². The maximum absolute atomic E-state index is 2.93. The summed E-state index contributed by atoms with van der Waals surface area (Å²) in [4.78, 5) is 0. The summed E-state index contributed by atoms with van der Waals surface area (Å²) in [5.74, 6) is 4.92. The molecule has 5 aliphatic rings. The normalized spacial score (nSPS) is 22.9. The summed E-state index contributed by atoms with van der Waals surface area (Å²) in [6, 6.07) is 49.1. The van der Waals surface area contributed by atoms with Crippen molar-refractivity contribution in [2.24, 2.45) is 52.8 Å². The van der Waals surface area contributed by atoms with Gasteiger partial charge in [0.15, 0.2) is 0 Å². The van der Waals surface area contributed by atoms with Gasteiger partial charge in [-0.2, -0.15) is 0 Å². The zero-order valence-electron chi connectivity index (χ0n) is 64.3. The molecule has 8 unspecified atom stereocenters. The fourth-order valence-corrected chi connectivity index (χ4v) is 21.2. The van der Waals surface area contributed by atoms with Gasteiger partial charge in [-0.3, -0.25) is 0 Å². The van der Waals surface area contributed by atoms with E-state index in [9.17, 15) is 0 Å². The van der Waals surface area contributed by atoms with Crippen LogP contribution in [0.15, 0.2) is 132 Å². The van der Waals surface area contributed by atoms with Gasteiger partial charge in [0, 0.05) is 21.7 Å². The van der Waals surface area contributed by atoms with Crippen molar-refractivity contribution >= 4 is 30.5 Å². The predicted molar refractivity (Wildman–Crippen MR) is 426 cm³/mol. The summed E-state index contributed by atoms with van der Waals surface area (Å²) >= 11 is 0. The van der Waals surface area contributed by atoms with E-state index >= 15 is 0 Å². The van der Waals surface area contributed by atoms with Crippen molar-refractivity contribution in [1.82, 2.24) is 0 Å². The largest absolute Gasteiger partial charge is 0.0776 e. The third-order valence-electron chi connectivity index (χ3n) is 26.6. The van der Waals surface area contributed by atoms with Gasteiger partial charge < -0.3 is 0 Å². The van der Waals surface area contributed by atoms with E-state index < -0.39 is 8.07 Å². The van der Waals surface area contributed by atoms with Crippen LogP contribution in [0, 0.1) is 52.8 Å². The van der Waals surface area contributed by atoms with Gasteiger partial charge in [0.1, 0.15) is 0 Å². The second kappa shape index (κ2) is 29.5. The number of unbranched alkanes of at least 4 members (excludes halogenated alkanes) is 2. The summed E-state index contributed by atoms with van der Waals surface area (Å²) in [5, 5.41) is 4.54. The van der Waals surface area contributed by atoms with Crippen LogP contribution in [0.25, 0.3) is 61.7 Å². The molecular formula is C95H130Si. The maximum Gasteiger partial charge on any atom is 0.0776 e. The molecule has 0 amide bonds. The molecule has 0 nitrogen and oxygen atoms in total. The Bertz CT molecular complexity index is 3880. The van der Waals surface area contributed by atoms with Crippen molar-refractivity contribution in [1.29, 1.82) is 0 Å². The molecule has 514 valence electrons. The zero-order valence-corrected chi connectivity index (χ0v) is 65.3. The Kier molecular flexibility index (Phi) is 22.1. The Morgan fingerprint density at radius 1 is 0.354 bits per heavy atom. The van der Waals surface area contributed by atoms with E-state index in [4.69, 9.17) is 0 Å². The highest BCUT2D eigenvalue weighted by molar-refractivity contribution is 6.88. The van der Waals surface area contributed by atoms with Gasteiger partial charge >= 0.3 is 0 Å². The van der Waals surface area contributed by atoms with Crippen LogP contribution >= 0.6 is 0 Å². The number of allylic oxidation sites excluding steroid dienone is 4. The molecule has 0 aliphatic heterocycles. The van der Waals surface area contributed by atoms with Gasteiger partial charge in [-0.1, -0.05) is 323 Å². The second-order valence-corrected chi connectivity index (χ2v) is 39.5. The first-order valence-corrected chi connectivity index (χ1v) is 43.6. The van der Waals surface area contributed by atoms with Crippen LogP contribution in [0.3, 0.4) is 0 Å². The third kappa shape index (κ3) is 13.2. The predicted octanol–water partition coefficient (Wildman–Crippen LogP) is 26.5. The molecule has 6 aromatic carbocycles. The minimum absolute atomic E-state index is 0.0148. The van der Waals surface area contributed by atoms with E-state index in [1.807, 2.05) is 0 Å². The Balaban J connectivity index is 1.10. The minimum Gasteiger partial charge on any atom is -0.0656 e. The molecule has 0 saturated carbocycles. The van der Waals surface area contributed by atoms with Crippen molar-refractivity contribution in [2.45, 2.75) is 288 Å². The van der Waals surface area contributed by atoms with E-state index in [2.05, 4.69) is 258 Å². The first-order valence-electron chi connectivity index (χ1n) is 40.1. The van der Waals surface area contributed by atoms with Gasteiger partial charge in [0.25, 0.3) is 0 Å². The minimum atomic E-state index is -1.61. The van der Waals surface area contributed by atoms with Crippen molar-refractivity contribution in [3.8, 4) is 44.5 Å². The van der Waals surface area contributed by atoms with Crippen molar-refractivity contribution in [2.75, 3.05) is 0 Å². The lowest BCUT2D eigenvalue weighted by Crippen LogP contribution is -2.39. The molecule has 0 fully saturated rings. The Morgan fingerprint density at radius 2 is 0.719 bits per heavy atom. The van der Waals surface area contributed by atoms with E-state index in [0.717, 1.165) is 12.8 Å². The number of hydrogen-bond donors (Lipinski definition) is 0. The Hall–Kier alpha value is -5.24. The molecule has 0 saturated heterocycles. The van der Waals surface area contributed by atoms with Crippen LogP contribution in [0.4, 0.5) is 0 Å². The van der Waals surface area contributed by atoms with Crippen LogP contribution in [-0.4, -0.2) is 8.07 Å². The second-order valence-electron chi connectivity index (χ2n) is 34.5. The highest BCUT2D eigenvalue weighted by Gasteiger charge is 2.54. The number of benzene rings is 6. The lowest BCUT2D eigenvalue weighted by molar-refractivity contribution is 0.266. The van der Waals surface area contributed by atoms with Crippen molar-refractivity contribution in [3.63, 3.8) is 0 Å². The Morgan fingerprint density at radius 3 is 1.12 bits per heavy atom. The molecule has 5 aliphatic carbocycles. The van der Waals surface area contributed by atoms with Crippen LogP contribution in [-0.2, 0) is 16.2 Å². The fraction of sp³-hybridized carbons (Fsp3) is 0.558. The summed E-state index contributed by atoms with van der Waals surface area (Å²) in [6.45, 7) is 47.5. The monoisotopic (exact) mass is 1300 g/mol. The van der Waals surface area contributed by atoms with E-state index in [0.29, 0.717) is 47.3 Å². The molecule has 0 N–H and O–H groups in total. The first kappa shape index (κ1) is 72.0. The molecular weight excluding hydrogens is 1170 g/mol. The van der Waals surface area contributed by atoms with Gasteiger partial charge in [-0.25, -0.2) is 0 Å². The quantitative estimate of drug-likeness (QED) is 0.0360. The first-order chi connectivity index (χ1) is 46.1. The van der Waals surface area contributed by atoms with E-state index in [-0.39, 0.29) is 21.7 Å². The van der Waals surface area contributed by atoms with E-state index in [1.54, 1.807) is 55.3 Å². The standard InChI is InChI=1S/C95H130Si/c1-20-30-34-69(28-9)60-94(61-70(29-10)35-31-21-2)87-51-73(40-45-80(87)81-47-42-76(53-89(81)94)96(17,18)19)71-38-43-78-79-44-39-72(50-86(79)93(85(78)49-71,56-65(13)24-5)57-66(14)25-6)74-41-46-82-84-62-92(54-63(11)22-3,55-64(12)23-4)90-77-37-33-32-36-75(77)48-83(90)91(84)95(88(82)52-74,58-67(15)26-7)59-68(16)27-8/h32-33,36-53,62-70H,20-31,34-35,54-61H2,1-19H3. The van der Waals surface area contributed by atoms with Crippen LogP contribution in [0.5, 0.6) is 0 Å². The zero-order chi connectivity index (χ0) is 68.6. The van der Waals surface area contributed by atoms with Gasteiger partial charge in [0.2, 0.25) is 0 Å². The summed E-state index contributed by atoms with van der Waals surface area (Å²) in [7, 11) is -1.61. The smallest absolute Gasteiger partial charge is 0.0656 e. The Labute approximate surface area is 588 Å². The number of rotatable bonds is 33. The van der Waals surface area contributed by atoms with Crippen molar-refractivity contribution < 1.29 is 0 Å². The highest BCUT2D eigenvalue weighted by Crippen LogP contribution is 2.66.